The fourth-order valence-corrected chi connectivity index (χ4v) is 2.44. The monoisotopic (exact) mass is 257 g/mol. The van der Waals surface area contributed by atoms with E-state index in [4.69, 9.17) is 10.5 Å². The van der Waals surface area contributed by atoms with Crippen molar-refractivity contribution >= 4 is 23.5 Å². The second-order valence-electron chi connectivity index (χ2n) is 3.77. The first kappa shape index (κ1) is 12.6. The van der Waals surface area contributed by atoms with Gasteiger partial charge >= 0.3 is 0 Å². The Labute approximate surface area is 111 Å². The zero-order valence-corrected chi connectivity index (χ0v) is 11.0. The fraction of sp³-hybridized carbons (Fsp3) is 0.0667. The molecule has 0 aliphatic rings. The summed E-state index contributed by atoms with van der Waals surface area (Å²) >= 11 is 1.69. The Morgan fingerprint density at radius 2 is 1.78 bits per heavy atom. The van der Waals surface area contributed by atoms with Crippen LogP contribution in [0.1, 0.15) is 5.56 Å². The summed E-state index contributed by atoms with van der Waals surface area (Å²) in [5.74, 6) is 0.864. The predicted molar refractivity (Wildman–Crippen MR) is 78.1 cm³/mol. The number of ether oxygens (including phenoxy) is 1. The number of methoxy groups -OCH3 is 1. The molecule has 18 heavy (non-hydrogen) atoms. The highest BCUT2D eigenvalue weighted by molar-refractivity contribution is 7.99. The Hall–Kier alpha value is -1.87. The van der Waals surface area contributed by atoms with Crippen molar-refractivity contribution in [2.45, 2.75) is 9.79 Å². The van der Waals surface area contributed by atoms with E-state index in [2.05, 4.69) is 6.58 Å². The van der Waals surface area contributed by atoms with E-state index >= 15 is 0 Å². The van der Waals surface area contributed by atoms with Crippen LogP contribution in [0.2, 0.25) is 0 Å². The van der Waals surface area contributed by atoms with Crippen LogP contribution in [-0.2, 0) is 0 Å². The van der Waals surface area contributed by atoms with Gasteiger partial charge in [-0.3, -0.25) is 0 Å². The third-order valence-electron chi connectivity index (χ3n) is 2.57. The highest BCUT2D eigenvalue weighted by Crippen LogP contribution is 2.31. The van der Waals surface area contributed by atoms with Crippen LogP contribution in [0, 0.1) is 0 Å². The molecule has 3 heteroatoms. The van der Waals surface area contributed by atoms with Gasteiger partial charge < -0.3 is 10.5 Å². The predicted octanol–water partition coefficient (Wildman–Crippen LogP) is 4.07. The average molecular weight is 257 g/mol. The molecule has 2 nitrogen and oxygen atoms in total. The number of hydrogen-bond donors (Lipinski definition) is 1. The van der Waals surface area contributed by atoms with Crippen LogP contribution in [0.15, 0.2) is 58.8 Å². The van der Waals surface area contributed by atoms with Crippen LogP contribution in [0.4, 0.5) is 5.69 Å². The molecule has 2 aromatic rings. The topological polar surface area (TPSA) is 35.2 Å². The molecule has 2 rings (SSSR count). The van der Waals surface area contributed by atoms with Crippen molar-refractivity contribution in [2.75, 3.05) is 12.8 Å². The van der Waals surface area contributed by atoms with Gasteiger partial charge in [-0.2, -0.15) is 0 Å². The lowest BCUT2D eigenvalue weighted by Crippen LogP contribution is -1.88. The maximum Gasteiger partial charge on any atom is 0.118 e. The summed E-state index contributed by atoms with van der Waals surface area (Å²) in [6, 6.07) is 13.9. The smallest absolute Gasteiger partial charge is 0.118 e. The lowest BCUT2D eigenvalue weighted by atomic mass is 10.2. The second-order valence-corrected chi connectivity index (χ2v) is 4.92. The summed E-state index contributed by atoms with van der Waals surface area (Å²) in [7, 11) is 1.67. The highest BCUT2D eigenvalue weighted by atomic mass is 32.2. The number of nitrogens with two attached hydrogens (primary N) is 1. The minimum atomic E-state index is 0.754. The van der Waals surface area contributed by atoms with Gasteiger partial charge in [0.05, 0.1) is 7.11 Å². The molecule has 2 aromatic carbocycles. The number of rotatable bonds is 4. The Balaban J connectivity index is 2.20. The maximum absolute atomic E-state index is 5.83. The first-order valence-corrected chi connectivity index (χ1v) is 6.38. The summed E-state index contributed by atoms with van der Waals surface area (Å²) in [5, 5.41) is 0. The molecule has 0 fully saturated rings. The van der Waals surface area contributed by atoms with Gasteiger partial charge in [-0.15, -0.1) is 0 Å². The third-order valence-corrected chi connectivity index (χ3v) is 3.57. The van der Waals surface area contributed by atoms with Crippen LogP contribution < -0.4 is 10.5 Å². The van der Waals surface area contributed by atoms with Crippen molar-refractivity contribution in [2.24, 2.45) is 0 Å². The first-order valence-electron chi connectivity index (χ1n) is 5.57. The summed E-state index contributed by atoms with van der Waals surface area (Å²) in [5.41, 5.74) is 7.55. The zero-order chi connectivity index (χ0) is 13.0. The quantitative estimate of drug-likeness (QED) is 0.838. The van der Waals surface area contributed by atoms with Gasteiger partial charge in [0, 0.05) is 15.5 Å². The Morgan fingerprint density at radius 1 is 1.11 bits per heavy atom. The van der Waals surface area contributed by atoms with E-state index in [1.165, 1.54) is 0 Å². The van der Waals surface area contributed by atoms with Crippen molar-refractivity contribution in [1.82, 2.24) is 0 Å². The van der Waals surface area contributed by atoms with Gasteiger partial charge in [-0.05, 0) is 48.0 Å². The normalized spacial score (nSPS) is 10.1. The molecular weight excluding hydrogens is 242 g/mol. The lowest BCUT2D eigenvalue weighted by Gasteiger charge is -2.06. The molecule has 0 spiro atoms. The summed E-state index contributed by atoms with van der Waals surface area (Å²) < 4.78 is 5.13. The molecule has 0 unspecified atom stereocenters. The molecule has 92 valence electrons. The standard InChI is InChI=1S/C15H15NOS/c1-3-11-10-14(8-9-15(11)16)18-13-6-4-12(17-2)5-7-13/h3-10H,1,16H2,2H3. The molecule has 0 atom stereocenters. The lowest BCUT2D eigenvalue weighted by molar-refractivity contribution is 0.414. The van der Waals surface area contributed by atoms with Crippen LogP contribution >= 0.6 is 11.8 Å². The Kier molecular flexibility index (Phi) is 3.95. The van der Waals surface area contributed by atoms with Crippen molar-refractivity contribution in [3.05, 3.63) is 54.6 Å². The number of anilines is 1. The fourth-order valence-electron chi connectivity index (χ4n) is 1.57. The Morgan fingerprint density at radius 3 is 2.39 bits per heavy atom. The molecule has 2 N–H and O–H groups in total. The summed E-state index contributed by atoms with van der Waals surface area (Å²) in [6.07, 6.45) is 1.77. The van der Waals surface area contributed by atoms with E-state index in [9.17, 15) is 0 Å². The summed E-state index contributed by atoms with van der Waals surface area (Å²) in [6.45, 7) is 3.76. The van der Waals surface area contributed by atoms with Gasteiger partial charge in [0.25, 0.3) is 0 Å². The SMILES string of the molecule is C=Cc1cc(Sc2ccc(OC)cc2)ccc1N. The van der Waals surface area contributed by atoms with E-state index in [0.29, 0.717) is 0 Å². The van der Waals surface area contributed by atoms with Crippen LogP contribution in [0.25, 0.3) is 6.08 Å². The van der Waals surface area contributed by atoms with E-state index in [-0.39, 0.29) is 0 Å². The van der Waals surface area contributed by atoms with E-state index in [1.807, 2.05) is 42.5 Å². The Bertz CT molecular complexity index is 549. The van der Waals surface area contributed by atoms with Gasteiger partial charge in [0.1, 0.15) is 5.75 Å². The molecule has 0 saturated heterocycles. The maximum atomic E-state index is 5.83. The minimum Gasteiger partial charge on any atom is -0.497 e. The largest absolute Gasteiger partial charge is 0.497 e. The molecule has 0 aliphatic heterocycles. The summed E-state index contributed by atoms with van der Waals surface area (Å²) in [4.78, 5) is 2.31. The van der Waals surface area contributed by atoms with Crippen LogP contribution in [0.3, 0.4) is 0 Å². The molecule has 0 heterocycles. The molecular formula is C15H15NOS. The van der Waals surface area contributed by atoms with Gasteiger partial charge in [0.15, 0.2) is 0 Å². The van der Waals surface area contributed by atoms with Gasteiger partial charge in [-0.25, -0.2) is 0 Å². The van der Waals surface area contributed by atoms with E-state index < -0.39 is 0 Å². The molecule has 0 bridgehead atoms. The van der Waals surface area contributed by atoms with E-state index in [0.717, 1.165) is 26.8 Å². The third kappa shape index (κ3) is 2.87. The van der Waals surface area contributed by atoms with E-state index in [1.54, 1.807) is 24.9 Å². The second kappa shape index (κ2) is 5.65. The zero-order valence-electron chi connectivity index (χ0n) is 10.2. The molecule has 0 aliphatic carbocycles. The molecule has 0 radical (unpaired) electrons. The first-order chi connectivity index (χ1) is 8.72. The molecule has 0 amide bonds. The van der Waals surface area contributed by atoms with Gasteiger partial charge in [0.2, 0.25) is 0 Å². The number of hydrogen-bond acceptors (Lipinski definition) is 3. The average Bonchev–Trinajstić information content (AvgIpc) is 2.42. The van der Waals surface area contributed by atoms with Crippen molar-refractivity contribution in [3.8, 4) is 5.75 Å². The van der Waals surface area contributed by atoms with Crippen molar-refractivity contribution in [1.29, 1.82) is 0 Å². The number of benzene rings is 2. The van der Waals surface area contributed by atoms with Gasteiger partial charge in [-0.1, -0.05) is 24.4 Å². The molecule has 0 aromatic heterocycles. The number of nitrogen functional groups attached to an aromatic ring is 1. The van der Waals surface area contributed by atoms with Crippen molar-refractivity contribution in [3.63, 3.8) is 0 Å². The van der Waals surface area contributed by atoms with Crippen LogP contribution in [-0.4, -0.2) is 7.11 Å². The van der Waals surface area contributed by atoms with Crippen molar-refractivity contribution < 1.29 is 4.74 Å². The minimum absolute atomic E-state index is 0.754. The molecule has 0 saturated carbocycles. The highest BCUT2D eigenvalue weighted by Gasteiger charge is 2.01. The van der Waals surface area contributed by atoms with Crippen LogP contribution in [0.5, 0.6) is 5.75 Å².